The molecule has 1 aliphatic heterocycles. The maximum absolute atomic E-state index is 11.7. The van der Waals surface area contributed by atoms with Gasteiger partial charge < -0.3 is 25.2 Å². The second kappa shape index (κ2) is 7.96. The Balaban J connectivity index is 2.36. The van der Waals surface area contributed by atoms with Gasteiger partial charge in [0.15, 0.2) is 0 Å². The van der Waals surface area contributed by atoms with Crippen molar-refractivity contribution in [1.29, 1.82) is 0 Å². The highest BCUT2D eigenvalue weighted by atomic mass is 16.5. The number of nitrogens with one attached hydrogen (secondary N) is 2. The molecule has 1 heterocycles. The van der Waals surface area contributed by atoms with E-state index in [1.54, 1.807) is 0 Å². The van der Waals surface area contributed by atoms with Crippen molar-refractivity contribution in [3.63, 3.8) is 0 Å². The average molecular weight is 274 g/mol. The lowest BCUT2D eigenvalue weighted by Crippen LogP contribution is -2.51. The lowest BCUT2D eigenvalue weighted by Gasteiger charge is -2.22. The first-order valence-corrected chi connectivity index (χ1v) is 6.45. The molecule has 110 valence electrons. The van der Waals surface area contributed by atoms with E-state index in [1.165, 1.54) is 7.11 Å². The molecule has 1 fully saturated rings. The summed E-state index contributed by atoms with van der Waals surface area (Å²) in [6.45, 7) is 2.84. The summed E-state index contributed by atoms with van der Waals surface area (Å²) < 4.78 is 10.3. The Hall–Kier alpha value is -1.34. The van der Waals surface area contributed by atoms with E-state index < -0.39 is 18.0 Å². The van der Waals surface area contributed by atoms with Crippen LogP contribution in [-0.4, -0.2) is 55.6 Å². The number of amides is 2. The minimum absolute atomic E-state index is 0.00741. The highest BCUT2D eigenvalue weighted by molar-refractivity contribution is 5.82. The molecular weight excluding hydrogens is 252 g/mol. The van der Waals surface area contributed by atoms with Gasteiger partial charge in [0, 0.05) is 26.7 Å². The molecule has 0 bridgehead atoms. The Kier molecular flexibility index (Phi) is 6.58. The summed E-state index contributed by atoms with van der Waals surface area (Å²) in [7, 11) is 1.48. The smallest absolute Gasteiger partial charge is 0.326 e. The van der Waals surface area contributed by atoms with Crippen LogP contribution >= 0.6 is 0 Å². The van der Waals surface area contributed by atoms with Crippen LogP contribution in [-0.2, 0) is 14.3 Å². The number of hydrogen-bond donors (Lipinski definition) is 3. The summed E-state index contributed by atoms with van der Waals surface area (Å²) in [6.07, 6.45) is 2.14. The summed E-state index contributed by atoms with van der Waals surface area (Å²) in [5, 5.41) is 14.1. The van der Waals surface area contributed by atoms with Crippen LogP contribution in [0.25, 0.3) is 0 Å². The molecule has 7 heteroatoms. The van der Waals surface area contributed by atoms with Crippen molar-refractivity contribution in [2.75, 3.05) is 20.3 Å². The first-order chi connectivity index (χ1) is 9.04. The van der Waals surface area contributed by atoms with E-state index in [9.17, 15) is 9.59 Å². The van der Waals surface area contributed by atoms with E-state index in [0.717, 1.165) is 12.8 Å². The van der Waals surface area contributed by atoms with Crippen LogP contribution in [0.15, 0.2) is 0 Å². The highest BCUT2D eigenvalue weighted by Crippen LogP contribution is 2.15. The zero-order valence-corrected chi connectivity index (χ0v) is 11.3. The number of carboxylic acids is 1. The van der Waals surface area contributed by atoms with E-state index in [0.29, 0.717) is 6.61 Å². The molecule has 0 radical (unpaired) electrons. The zero-order chi connectivity index (χ0) is 14.3. The fourth-order valence-electron chi connectivity index (χ4n) is 1.99. The van der Waals surface area contributed by atoms with Gasteiger partial charge in [-0.2, -0.15) is 0 Å². The molecule has 0 aliphatic carbocycles. The van der Waals surface area contributed by atoms with Gasteiger partial charge in [-0.1, -0.05) is 0 Å². The van der Waals surface area contributed by atoms with E-state index in [1.807, 2.05) is 6.92 Å². The molecule has 7 nitrogen and oxygen atoms in total. The summed E-state index contributed by atoms with van der Waals surface area (Å²) in [5.41, 5.74) is 0. The van der Waals surface area contributed by atoms with Crippen molar-refractivity contribution in [1.82, 2.24) is 10.6 Å². The molecule has 0 saturated carbocycles. The largest absolute Gasteiger partial charge is 0.480 e. The van der Waals surface area contributed by atoms with Crippen LogP contribution in [0, 0.1) is 0 Å². The van der Waals surface area contributed by atoms with Crippen LogP contribution in [0.4, 0.5) is 4.79 Å². The quantitative estimate of drug-likeness (QED) is 0.622. The topological polar surface area (TPSA) is 96.9 Å². The highest BCUT2D eigenvalue weighted by Gasteiger charge is 2.25. The third-order valence-corrected chi connectivity index (χ3v) is 3.10. The van der Waals surface area contributed by atoms with Gasteiger partial charge >= 0.3 is 12.0 Å². The van der Waals surface area contributed by atoms with E-state index >= 15 is 0 Å². The molecule has 19 heavy (non-hydrogen) atoms. The van der Waals surface area contributed by atoms with E-state index in [-0.39, 0.29) is 25.2 Å². The Morgan fingerprint density at radius 1 is 1.47 bits per heavy atom. The number of carbonyl (C=O) groups is 2. The SMILES string of the molecule is COCCC(NC(=O)NC(C)C1CCCO1)C(=O)O. The number of carboxylic acid groups (broad SMARTS) is 1. The van der Waals surface area contributed by atoms with Crippen molar-refractivity contribution in [2.45, 2.75) is 44.4 Å². The molecule has 0 spiro atoms. The fourth-order valence-corrected chi connectivity index (χ4v) is 1.99. The van der Waals surface area contributed by atoms with Gasteiger partial charge in [-0.05, 0) is 19.8 Å². The van der Waals surface area contributed by atoms with Crippen LogP contribution in [0.1, 0.15) is 26.2 Å². The van der Waals surface area contributed by atoms with Crippen molar-refractivity contribution >= 4 is 12.0 Å². The molecule has 3 atom stereocenters. The van der Waals surface area contributed by atoms with Crippen molar-refractivity contribution in [2.24, 2.45) is 0 Å². The second-order valence-corrected chi connectivity index (χ2v) is 4.63. The van der Waals surface area contributed by atoms with Gasteiger partial charge in [-0.25, -0.2) is 9.59 Å². The first kappa shape index (κ1) is 15.7. The summed E-state index contributed by atoms with van der Waals surface area (Å²) >= 11 is 0. The van der Waals surface area contributed by atoms with Crippen molar-refractivity contribution in [3.05, 3.63) is 0 Å². The number of methoxy groups -OCH3 is 1. The standard InChI is InChI=1S/C12H22N2O5/c1-8(10-4-3-6-19-10)13-12(17)14-9(11(15)16)5-7-18-2/h8-10H,3-7H2,1-2H3,(H,15,16)(H2,13,14,17). The number of hydrogen-bond acceptors (Lipinski definition) is 4. The maximum atomic E-state index is 11.7. The van der Waals surface area contributed by atoms with Crippen LogP contribution in [0.2, 0.25) is 0 Å². The Bertz CT molecular complexity index is 304. The minimum Gasteiger partial charge on any atom is -0.480 e. The predicted octanol–water partition coefficient (Wildman–Crippen LogP) is 0.343. The lowest BCUT2D eigenvalue weighted by molar-refractivity contribution is -0.139. The molecule has 2 amide bonds. The summed E-state index contributed by atoms with van der Waals surface area (Å²) in [4.78, 5) is 22.7. The Labute approximate surface area is 112 Å². The van der Waals surface area contributed by atoms with Gasteiger partial charge in [0.05, 0.1) is 12.1 Å². The number of urea groups is 1. The summed E-state index contributed by atoms with van der Waals surface area (Å²) in [5.74, 6) is -1.07. The second-order valence-electron chi connectivity index (χ2n) is 4.63. The normalized spacial score (nSPS) is 21.7. The van der Waals surface area contributed by atoms with E-state index in [4.69, 9.17) is 14.6 Å². The van der Waals surface area contributed by atoms with Crippen molar-refractivity contribution in [3.8, 4) is 0 Å². The minimum atomic E-state index is -1.07. The Morgan fingerprint density at radius 3 is 2.74 bits per heavy atom. The number of aliphatic carboxylic acids is 1. The van der Waals surface area contributed by atoms with Gasteiger partial charge in [0.25, 0.3) is 0 Å². The van der Waals surface area contributed by atoms with Crippen LogP contribution in [0.5, 0.6) is 0 Å². The van der Waals surface area contributed by atoms with Crippen molar-refractivity contribution < 1.29 is 24.2 Å². The first-order valence-electron chi connectivity index (χ1n) is 6.45. The molecule has 3 N–H and O–H groups in total. The third-order valence-electron chi connectivity index (χ3n) is 3.10. The average Bonchev–Trinajstić information content (AvgIpc) is 2.87. The summed E-state index contributed by atoms with van der Waals surface area (Å²) in [6, 6.07) is -1.58. The molecule has 0 aromatic carbocycles. The Morgan fingerprint density at radius 2 is 2.21 bits per heavy atom. The van der Waals surface area contributed by atoms with Gasteiger partial charge in [0.1, 0.15) is 6.04 Å². The van der Waals surface area contributed by atoms with E-state index in [2.05, 4.69) is 10.6 Å². The molecule has 1 rings (SSSR count). The molecule has 3 unspecified atom stereocenters. The number of rotatable bonds is 7. The van der Waals surface area contributed by atoms with Gasteiger partial charge in [0.2, 0.25) is 0 Å². The van der Waals surface area contributed by atoms with Gasteiger partial charge in [-0.3, -0.25) is 0 Å². The van der Waals surface area contributed by atoms with Crippen LogP contribution in [0.3, 0.4) is 0 Å². The maximum Gasteiger partial charge on any atom is 0.326 e. The number of carbonyl (C=O) groups excluding carboxylic acids is 1. The molecule has 1 aliphatic rings. The molecule has 0 aromatic rings. The lowest BCUT2D eigenvalue weighted by atomic mass is 10.1. The fraction of sp³-hybridized carbons (Fsp3) is 0.833. The zero-order valence-electron chi connectivity index (χ0n) is 11.3. The predicted molar refractivity (Wildman–Crippen MR) is 68.0 cm³/mol. The molecule has 1 saturated heterocycles. The monoisotopic (exact) mass is 274 g/mol. The third kappa shape index (κ3) is 5.44. The molecular formula is C12H22N2O5. The van der Waals surface area contributed by atoms with Crippen LogP contribution < -0.4 is 10.6 Å². The molecule has 0 aromatic heterocycles. The number of ether oxygens (including phenoxy) is 2. The van der Waals surface area contributed by atoms with Gasteiger partial charge in [-0.15, -0.1) is 0 Å².